The van der Waals surface area contributed by atoms with E-state index in [0.29, 0.717) is 29.2 Å². The molecule has 2 N–H and O–H groups in total. The zero-order chi connectivity index (χ0) is 21.6. The third-order valence-corrected chi connectivity index (χ3v) is 4.47. The quantitative estimate of drug-likeness (QED) is 0.742. The number of halogens is 1. The van der Waals surface area contributed by atoms with Crippen LogP contribution >= 0.6 is 0 Å². The van der Waals surface area contributed by atoms with Crippen LogP contribution in [-0.4, -0.2) is 34.7 Å². The largest absolute Gasteiger partial charge is 0.368 e. The van der Waals surface area contributed by atoms with Gasteiger partial charge in [0.05, 0.1) is 28.3 Å². The number of rotatable bonds is 3. The second kappa shape index (κ2) is 6.39. The van der Waals surface area contributed by atoms with Gasteiger partial charge in [-0.3, -0.25) is 14.5 Å². The summed E-state index contributed by atoms with van der Waals surface area (Å²) in [6, 6.07) is 4.28. The number of benzene rings is 1. The number of hydrogen-bond acceptors (Lipinski definition) is 5. The highest BCUT2D eigenvalue weighted by Crippen LogP contribution is 2.43. The molecule has 1 aromatic carbocycles. The van der Waals surface area contributed by atoms with E-state index in [4.69, 9.17) is 4.11 Å². The molecule has 3 heterocycles. The lowest BCUT2D eigenvalue weighted by Crippen LogP contribution is -2.23. The van der Waals surface area contributed by atoms with Crippen LogP contribution in [-0.2, 0) is 13.6 Å². The van der Waals surface area contributed by atoms with E-state index in [-0.39, 0.29) is 5.56 Å². The lowest BCUT2D eigenvalue weighted by atomic mass is 9.99. The van der Waals surface area contributed by atoms with E-state index in [1.165, 1.54) is 30.6 Å². The van der Waals surface area contributed by atoms with Crippen LogP contribution in [0.15, 0.2) is 36.8 Å². The summed E-state index contributed by atoms with van der Waals surface area (Å²) in [6.07, 6.45) is 4.61. The van der Waals surface area contributed by atoms with Gasteiger partial charge in [-0.2, -0.15) is 5.10 Å². The second-order valence-corrected chi connectivity index (χ2v) is 6.38. The highest BCUT2D eigenvalue weighted by molar-refractivity contribution is 6.01. The van der Waals surface area contributed by atoms with Crippen LogP contribution in [0.1, 0.15) is 20.0 Å². The Balaban J connectivity index is 1.78. The van der Waals surface area contributed by atoms with Crippen molar-refractivity contribution in [2.75, 3.05) is 24.2 Å². The molecule has 7 nitrogen and oxygen atoms in total. The van der Waals surface area contributed by atoms with Crippen LogP contribution < -0.4 is 15.5 Å². The molecule has 1 aliphatic heterocycles. The Hall–Kier alpha value is -3.42. The molecular weight excluding hydrogens is 347 g/mol. The highest BCUT2D eigenvalue weighted by atomic mass is 19.1. The topological polar surface area (TPSA) is 75.1 Å². The maximum atomic E-state index is 14.5. The molecule has 2 aromatic heterocycles. The molecule has 0 saturated heterocycles. The average molecular weight is 369 g/mol. The van der Waals surface area contributed by atoms with Crippen molar-refractivity contribution in [3.05, 3.63) is 53.7 Å². The molecule has 1 amide bonds. The minimum absolute atomic E-state index is 0.0311. The molecule has 0 atom stereocenters. The van der Waals surface area contributed by atoms with E-state index in [9.17, 15) is 9.18 Å². The summed E-state index contributed by atoms with van der Waals surface area (Å²) in [5.74, 6) is -1.28. The van der Waals surface area contributed by atoms with E-state index >= 15 is 0 Å². The standard InChI is InChI=1S/C19H19FN6O/c1-21-19(27)14-8-22-5-4-15(14)23-16-7-12(20)6-13-17-11(10-26(3)24-17)9-25(2)18(13)16/h4-8,10H,9H2,1-3H3,(H,21,27)(H,22,23)/i1D3. The van der Waals surface area contributed by atoms with E-state index in [2.05, 4.69) is 15.4 Å². The number of hydrogen-bond donors (Lipinski definition) is 2. The lowest BCUT2D eigenvalue weighted by molar-refractivity contribution is 0.0963. The lowest BCUT2D eigenvalue weighted by Gasteiger charge is -2.29. The SMILES string of the molecule is [2H]C([2H])([2H])NC(=O)c1cnccc1Nc1cc(F)cc2c1N(C)Cc1cn(C)nc1-2. The minimum Gasteiger partial charge on any atom is -0.368 e. The van der Waals surface area contributed by atoms with Crippen LogP contribution in [0.3, 0.4) is 0 Å². The molecule has 0 saturated carbocycles. The molecule has 3 aromatic rings. The Kier molecular flexibility index (Phi) is 3.25. The van der Waals surface area contributed by atoms with E-state index in [0.717, 1.165) is 11.3 Å². The normalized spacial score (nSPS) is 14.5. The summed E-state index contributed by atoms with van der Waals surface area (Å²) in [5.41, 5.74) is 3.79. The molecule has 1 aliphatic rings. The van der Waals surface area contributed by atoms with Gasteiger partial charge in [-0.25, -0.2) is 4.39 Å². The van der Waals surface area contributed by atoms with Crippen molar-refractivity contribution >= 4 is 23.0 Å². The number of carbonyl (C=O) groups excluding carboxylic acids is 1. The summed E-state index contributed by atoms with van der Waals surface area (Å²) in [4.78, 5) is 18.3. The number of carbonyl (C=O) groups is 1. The Morgan fingerprint density at radius 1 is 1.33 bits per heavy atom. The van der Waals surface area contributed by atoms with Crippen molar-refractivity contribution < 1.29 is 13.3 Å². The molecule has 0 unspecified atom stereocenters. The molecule has 4 rings (SSSR count). The molecule has 0 aliphatic carbocycles. The fourth-order valence-corrected chi connectivity index (χ4v) is 3.40. The molecule has 138 valence electrons. The fourth-order valence-electron chi connectivity index (χ4n) is 3.40. The molecule has 0 bridgehead atoms. The number of nitrogens with zero attached hydrogens (tertiary/aromatic N) is 4. The van der Waals surface area contributed by atoms with Gasteiger partial charge >= 0.3 is 0 Å². The Morgan fingerprint density at radius 3 is 3.00 bits per heavy atom. The van der Waals surface area contributed by atoms with Crippen molar-refractivity contribution in [2.24, 2.45) is 7.05 Å². The van der Waals surface area contributed by atoms with Crippen molar-refractivity contribution in [1.29, 1.82) is 0 Å². The van der Waals surface area contributed by atoms with Crippen LogP contribution in [0, 0.1) is 5.82 Å². The minimum atomic E-state index is -2.64. The maximum Gasteiger partial charge on any atom is 0.254 e. The zero-order valence-corrected chi connectivity index (χ0v) is 14.7. The Morgan fingerprint density at radius 2 is 2.19 bits per heavy atom. The highest BCUT2D eigenvalue weighted by Gasteiger charge is 2.26. The van der Waals surface area contributed by atoms with Gasteiger partial charge in [0.25, 0.3) is 5.91 Å². The van der Waals surface area contributed by atoms with Gasteiger partial charge in [-0.1, -0.05) is 0 Å². The first kappa shape index (κ1) is 13.7. The van der Waals surface area contributed by atoms with Gasteiger partial charge in [-0.15, -0.1) is 0 Å². The van der Waals surface area contributed by atoms with Crippen molar-refractivity contribution in [2.45, 2.75) is 6.54 Å². The van der Waals surface area contributed by atoms with Gasteiger partial charge in [0.2, 0.25) is 0 Å². The molecule has 0 radical (unpaired) electrons. The number of fused-ring (bicyclic) bond motifs is 3. The van der Waals surface area contributed by atoms with Crippen LogP contribution in [0.4, 0.5) is 21.5 Å². The average Bonchev–Trinajstić information content (AvgIpc) is 3.00. The molecular formula is C19H19FN6O. The van der Waals surface area contributed by atoms with Gasteiger partial charge in [0, 0.05) is 61.4 Å². The Bertz CT molecular complexity index is 1140. The second-order valence-electron chi connectivity index (χ2n) is 6.38. The number of aryl methyl sites for hydroxylation is 1. The molecule has 0 spiro atoms. The van der Waals surface area contributed by atoms with Gasteiger partial charge in [0.1, 0.15) is 5.82 Å². The first-order valence-corrected chi connectivity index (χ1v) is 8.23. The first-order valence-electron chi connectivity index (χ1n) is 9.73. The third-order valence-electron chi connectivity index (χ3n) is 4.47. The van der Waals surface area contributed by atoms with Crippen LogP contribution in [0.25, 0.3) is 11.3 Å². The smallest absolute Gasteiger partial charge is 0.254 e. The fraction of sp³-hybridized carbons (Fsp3) is 0.211. The van der Waals surface area contributed by atoms with E-state index < -0.39 is 18.7 Å². The summed E-state index contributed by atoms with van der Waals surface area (Å²) in [7, 11) is 3.69. The summed E-state index contributed by atoms with van der Waals surface area (Å²) >= 11 is 0. The Labute approximate surface area is 160 Å². The molecule has 8 heteroatoms. The van der Waals surface area contributed by atoms with Gasteiger partial charge < -0.3 is 15.5 Å². The molecule has 27 heavy (non-hydrogen) atoms. The van der Waals surface area contributed by atoms with E-state index in [1.54, 1.807) is 4.68 Å². The third kappa shape index (κ3) is 2.88. The van der Waals surface area contributed by atoms with Crippen LogP contribution in [0.5, 0.6) is 0 Å². The molecule has 0 fully saturated rings. The monoisotopic (exact) mass is 369 g/mol. The van der Waals surface area contributed by atoms with Crippen molar-refractivity contribution in [3.63, 3.8) is 0 Å². The number of nitrogens with one attached hydrogen (secondary N) is 2. The summed E-state index contributed by atoms with van der Waals surface area (Å²) < 4.78 is 37.9. The van der Waals surface area contributed by atoms with Gasteiger partial charge in [-0.05, 0) is 18.2 Å². The number of pyridine rings is 1. The maximum absolute atomic E-state index is 14.5. The zero-order valence-electron chi connectivity index (χ0n) is 17.7. The number of aromatic nitrogens is 3. The summed E-state index contributed by atoms with van der Waals surface area (Å²) in [5, 5.41) is 9.48. The van der Waals surface area contributed by atoms with Crippen LogP contribution in [0.2, 0.25) is 0 Å². The predicted molar refractivity (Wildman–Crippen MR) is 102 cm³/mol. The summed E-state index contributed by atoms with van der Waals surface area (Å²) in [6.45, 7) is -2.06. The van der Waals surface area contributed by atoms with Gasteiger partial charge in [0.15, 0.2) is 0 Å². The first-order chi connectivity index (χ1) is 14.1. The van der Waals surface area contributed by atoms with Crippen molar-refractivity contribution in [1.82, 2.24) is 20.1 Å². The van der Waals surface area contributed by atoms with E-state index in [1.807, 2.05) is 30.5 Å². The number of amides is 1. The van der Waals surface area contributed by atoms with Crippen molar-refractivity contribution in [3.8, 4) is 11.3 Å². The predicted octanol–water partition coefficient (Wildman–Crippen LogP) is 2.67. The number of anilines is 3.